The molecule has 3 N–H and O–H groups in total. The Morgan fingerprint density at radius 2 is 2.37 bits per heavy atom. The number of nitrogens with two attached hydrogens (primary N) is 1. The molecule has 19 heavy (non-hydrogen) atoms. The maximum absolute atomic E-state index is 11.0. The molecule has 0 unspecified atom stereocenters. The second-order valence-corrected chi connectivity index (χ2v) is 5.21. The van der Waals surface area contributed by atoms with Crippen LogP contribution < -0.4 is 11.1 Å². The highest BCUT2D eigenvalue weighted by Crippen LogP contribution is 2.21. The van der Waals surface area contributed by atoms with E-state index in [1.165, 1.54) is 12.3 Å². The molecule has 5 nitrogen and oxygen atoms in total. The number of pyridine rings is 1. The fourth-order valence-electron chi connectivity index (χ4n) is 1.47. The first kappa shape index (κ1) is 13.8. The van der Waals surface area contributed by atoms with Gasteiger partial charge < -0.3 is 11.1 Å². The summed E-state index contributed by atoms with van der Waals surface area (Å²) in [5.41, 5.74) is 6.38. The fourth-order valence-corrected chi connectivity index (χ4v) is 2.45. The largest absolute Gasteiger partial charge is 0.366 e. The van der Waals surface area contributed by atoms with E-state index in [0.29, 0.717) is 17.4 Å². The van der Waals surface area contributed by atoms with Gasteiger partial charge in [0.25, 0.3) is 0 Å². The van der Waals surface area contributed by atoms with E-state index in [9.17, 15) is 4.79 Å². The first-order valence-corrected chi connectivity index (χ1v) is 6.98. The number of halogens is 1. The minimum atomic E-state index is -0.548. The Hall–Kier alpha value is -1.66. The van der Waals surface area contributed by atoms with E-state index in [2.05, 4.69) is 22.2 Å². The Bertz CT molecular complexity index is 599. The van der Waals surface area contributed by atoms with Crippen molar-refractivity contribution in [1.82, 2.24) is 9.97 Å². The fraction of sp³-hybridized carbons (Fsp3) is 0.250. The van der Waals surface area contributed by atoms with Crippen LogP contribution >= 0.6 is 22.9 Å². The monoisotopic (exact) mass is 296 g/mol. The molecule has 100 valence electrons. The summed E-state index contributed by atoms with van der Waals surface area (Å²) in [5.74, 6) is -0.0363. The number of amides is 1. The van der Waals surface area contributed by atoms with Crippen molar-refractivity contribution in [3.63, 3.8) is 0 Å². The number of rotatable bonds is 5. The molecule has 2 aromatic heterocycles. The van der Waals surface area contributed by atoms with Crippen LogP contribution in [0.1, 0.15) is 28.0 Å². The van der Waals surface area contributed by atoms with Crippen LogP contribution in [-0.2, 0) is 13.0 Å². The second-order valence-electron chi connectivity index (χ2n) is 3.86. The topological polar surface area (TPSA) is 80.9 Å². The Balaban J connectivity index is 2.05. The molecular formula is C12H13ClN4OS. The molecule has 0 aliphatic heterocycles. The molecule has 0 aliphatic rings. The molecule has 0 bridgehead atoms. The third-order valence-corrected chi connectivity index (χ3v) is 3.79. The summed E-state index contributed by atoms with van der Waals surface area (Å²) in [6.45, 7) is 2.61. The van der Waals surface area contributed by atoms with Gasteiger partial charge in [0.2, 0.25) is 5.91 Å². The smallest absolute Gasteiger partial charge is 0.250 e. The lowest BCUT2D eigenvalue weighted by Crippen LogP contribution is -2.12. The molecular weight excluding hydrogens is 284 g/mol. The molecule has 2 heterocycles. The summed E-state index contributed by atoms with van der Waals surface area (Å²) < 4.78 is 0. The number of hydrogen-bond acceptors (Lipinski definition) is 5. The Morgan fingerprint density at radius 3 is 2.95 bits per heavy atom. The zero-order valence-electron chi connectivity index (χ0n) is 10.3. The zero-order chi connectivity index (χ0) is 13.8. The van der Waals surface area contributed by atoms with Crippen LogP contribution in [0, 0.1) is 0 Å². The molecule has 0 atom stereocenters. The van der Waals surface area contributed by atoms with Crippen molar-refractivity contribution in [3.05, 3.63) is 38.9 Å². The maximum Gasteiger partial charge on any atom is 0.250 e. The van der Waals surface area contributed by atoms with Gasteiger partial charge in [-0.1, -0.05) is 18.5 Å². The summed E-state index contributed by atoms with van der Waals surface area (Å²) in [6.07, 6.45) is 2.33. The van der Waals surface area contributed by atoms with Crippen LogP contribution in [0.2, 0.25) is 5.02 Å². The number of nitrogens with zero attached hydrogens (tertiary/aromatic N) is 2. The normalized spacial score (nSPS) is 10.4. The lowest BCUT2D eigenvalue weighted by molar-refractivity contribution is 0.1000. The maximum atomic E-state index is 11.0. The first-order chi connectivity index (χ1) is 9.10. The standard InChI is InChI=1S/C12H13ClN4OS/c1-2-10-17-8(6-19-10)5-16-12-9(13)3-7(4-15-12)11(14)18/h3-4,6H,2,5H2,1H3,(H2,14,18)(H,15,16). The van der Waals surface area contributed by atoms with Gasteiger partial charge in [0, 0.05) is 11.6 Å². The predicted molar refractivity (Wildman–Crippen MR) is 76.6 cm³/mol. The molecule has 0 fully saturated rings. The van der Waals surface area contributed by atoms with Crippen LogP contribution in [-0.4, -0.2) is 15.9 Å². The molecule has 0 radical (unpaired) electrons. The second kappa shape index (κ2) is 5.99. The molecule has 0 saturated heterocycles. The lowest BCUT2D eigenvalue weighted by atomic mass is 10.2. The van der Waals surface area contributed by atoms with E-state index in [0.717, 1.165) is 17.1 Å². The van der Waals surface area contributed by atoms with E-state index in [4.69, 9.17) is 17.3 Å². The summed E-state index contributed by atoms with van der Waals surface area (Å²) in [4.78, 5) is 19.5. The number of carbonyl (C=O) groups excluding carboxylic acids is 1. The van der Waals surface area contributed by atoms with Gasteiger partial charge in [-0.3, -0.25) is 4.79 Å². The third kappa shape index (κ3) is 3.42. The van der Waals surface area contributed by atoms with Gasteiger partial charge >= 0.3 is 0 Å². The number of aryl methyl sites for hydroxylation is 1. The number of nitrogens with one attached hydrogen (secondary N) is 1. The Labute approximate surface area is 119 Å². The molecule has 0 aromatic carbocycles. The average Bonchev–Trinajstić information content (AvgIpc) is 2.85. The molecule has 0 spiro atoms. The van der Waals surface area contributed by atoms with Crippen molar-refractivity contribution in [2.75, 3.05) is 5.32 Å². The summed E-state index contributed by atoms with van der Waals surface area (Å²) in [7, 11) is 0. The quantitative estimate of drug-likeness (QED) is 0.888. The van der Waals surface area contributed by atoms with Gasteiger partial charge in [0.15, 0.2) is 0 Å². The highest BCUT2D eigenvalue weighted by Gasteiger charge is 2.07. The van der Waals surface area contributed by atoms with Gasteiger partial charge in [-0.25, -0.2) is 9.97 Å². The first-order valence-electron chi connectivity index (χ1n) is 5.72. The van der Waals surface area contributed by atoms with Crippen molar-refractivity contribution in [2.24, 2.45) is 5.73 Å². The minimum Gasteiger partial charge on any atom is -0.366 e. The average molecular weight is 297 g/mol. The van der Waals surface area contributed by atoms with Gasteiger partial charge in [-0.2, -0.15) is 0 Å². The van der Waals surface area contributed by atoms with Gasteiger partial charge in [-0.15, -0.1) is 11.3 Å². The Morgan fingerprint density at radius 1 is 1.58 bits per heavy atom. The molecule has 2 rings (SSSR count). The summed E-state index contributed by atoms with van der Waals surface area (Å²) >= 11 is 7.65. The van der Waals surface area contributed by atoms with Crippen molar-refractivity contribution < 1.29 is 4.79 Å². The molecule has 1 amide bonds. The van der Waals surface area contributed by atoms with Crippen molar-refractivity contribution in [3.8, 4) is 0 Å². The van der Waals surface area contributed by atoms with Crippen molar-refractivity contribution in [2.45, 2.75) is 19.9 Å². The van der Waals surface area contributed by atoms with Crippen LogP contribution in [0.4, 0.5) is 5.82 Å². The van der Waals surface area contributed by atoms with E-state index < -0.39 is 5.91 Å². The highest BCUT2D eigenvalue weighted by atomic mass is 35.5. The number of primary amides is 1. The molecule has 2 aromatic rings. The van der Waals surface area contributed by atoms with E-state index in [1.54, 1.807) is 11.3 Å². The third-order valence-electron chi connectivity index (χ3n) is 2.46. The number of carbonyl (C=O) groups is 1. The number of aromatic nitrogens is 2. The Kier molecular flexibility index (Phi) is 4.34. The molecule has 0 saturated carbocycles. The van der Waals surface area contributed by atoms with Crippen molar-refractivity contribution in [1.29, 1.82) is 0 Å². The van der Waals surface area contributed by atoms with Crippen LogP contribution in [0.3, 0.4) is 0 Å². The van der Waals surface area contributed by atoms with E-state index in [1.807, 2.05) is 5.38 Å². The van der Waals surface area contributed by atoms with Crippen LogP contribution in [0.15, 0.2) is 17.6 Å². The lowest BCUT2D eigenvalue weighted by Gasteiger charge is -2.06. The number of hydrogen-bond donors (Lipinski definition) is 2. The van der Waals surface area contributed by atoms with Gasteiger partial charge in [0.05, 0.1) is 27.8 Å². The van der Waals surface area contributed by atoms with Gasteiger partial charge in [0.1, 0.15) is 5.82 Å². The summed E-state index contributed by atoms with van der Waals surface area (Å²) in [5, 5.41) is 6.54. The predicted octanol–water partition coefficient (Wildman–Crippen LogP) is 2.46. The van der Waals surface area contributed by atoms with Crippen molar-refractivity contribution >= 4 is 34.7 Å². The summed E-state index contributed by atoms with van der Waals surface area (Å²) in [6, 6.07) is 1.50. The number of anilines is 1. The van der Waals surface area contributed by atoms with Crippen LogP contribution in [0.25, 0.3) is 0 Å². The SMILES string of the molecule is CCc1nc(CNc2ncc(C(N)=O)cc2Cl)cs1. The molecule has 7 heteroatoms. The van der Waals surface area contributed by atoms with E-state index >= 15 is 0 Å². The highest BCUT2D eigenvalue weighted by molar-refractivity contribution is 7.09. The van der Waals surface area contributed by atoms with E-state index in [-0.39, 0.29) is 5.56 Å². The molecule has 0 aliphatic carbocycles. The minimum absolute atomic E-state index is 0.289. The van der Waals surface area contributed by atoms with Gasteiger partial charge in [-0.05, 0) is 12.5 Å². The zero-order valence-corrected chi connectivity index (χ0v) is 11.9. The van der Waals surface area contributed by atoms with Crippen LogP contribution in [0.5, 0.6) is 0 Å². The number of thiazole rings is 1.